The van der Waals surface area contributed by atoms with Crippen molar-refractivity contribution in [3.63, 3.8) is 0 Å². The van der Waals surface area contributed by atoms with Gasteiger partial charge in [-0.15, -0.1) is 0 Å². The lowest BCUT2D eigenvalue weighted by atomic mass is 10.1. The first kappa shape index (κ1) is 17.9. The van der Waals surface area contributed by atoms with Gasteiger partial charge in [0.05, 0.1) is 0 Å². The smallest absolute Gasteiger partial charge is 0.323 e. The van der Waals surface area contributed by atoms with E-state index in [1.54, 1.807) is 0 Å². The lowest BCUT2D eigenvalue weighted by Crippen LogP contribution is -2.22. The molecule has 128 valence electrons. The normalized spacial score (nSPS) is 10.4. The second-order valence-electron chi connectivity index (χ2n) is 6.05. The van der Waals surface area contributed by atoms with Crippen LogP contribution in [0.5, 0.6) is 0 Å². The van der Waals surface area contributed by atoms with Gasteiger partial charge in [-0.1, -0.05) is 6.07 Å². The summed E-state index contributed by atoms with van der Waals surface area (Å²) in [5, 5.41) is 5.81. The quantitative estimate of drug-likeness (QED) is 0.803. The van der Waals surface area contributed by atoms with Crippen LogP contribution in [0.3, 0.4) is 0 Å². The minimum atomic E-state index is -0.225. The number of carbonyl (C=O) groups excluding carboxylic acids is 1. The fraction of sp³-hybridized carbons (Fsp3) is 0.350. The van der Waals surface area contributed by atoms with Crippen molar-refractivity contribution in [1.82, 2.24) is 0 Å². The number of urea groups is 1. The van der Waals surface area contributed by atoms with E-state index >= 15 is 0 Å². The molecule has 0 aliphatic rings. The van der Waals surface area contributed by atoms with Gasteiger partial charge in [0, 0.05) is 30.2 Å². The molecule has 0 fully saturated rings. The number of nitrogens with zero attached hydrogens (tertiary/aromatic N) is 1. The van der Waals surface area contributed by atoms with Gasteiger partial charge in [0.2, 0.25) is 0 Å². The minimum Gasteiger partial charge on any atom is -0.372 e. The Kier molecular flexibility index (Phi) is 5.85. The molecule has 2 N–H and O–H groups in total. The molecule has 0 atom stereocenters. The van der Waals surface area contributed by atoms with E-state index in [1.807, 2.05) is 44.2 Å². The number of aryl methyl sites for hydroxylation is 3. The third-order valence-corrected chi connectivity index (χ3v) is 4.35. The lowest BCUT2D eigenvalue weighted by Gasteiger charge is -2.22. The van der Waals surface area contributed by atoms with E-state index in [-0.39, 0.29) is 6.03 Å². The van der Waals surface area contributed by atoms with E-state index in [4.69, 9.17) is 0 Å². The van der Waals surface area contributed by atoms with E-state index < -0.39 is 0 Å². The monoisotopic (exact) mass is 325 g/mol. The number of amides is 2. The average Bonchev–Trinajstić information content (AvgIpc) is 2.54. The van der Waals surface area contributed by atoms with Crippen molar-refractivity contribution in [3.8, 4) is 0 Å². The van der Waals surface area contributed by atoms with E-state index in [0.29, 0.717) is 0 Å². The van der Waals surface area contributed by atoms with Crippen LogP contribution in [0, 0.1) is 20.8 Å². The van der Waals surface area contributed by atoms with Gasteiger partial charge in [-0.2, -0.15) is 0 Å². The molecule has 0 aromatic heterocycles. The highest BCUT2D eigenvalue weighted by Crippen LogP contribution is 2.23. The Hall–Kier alpha value is -2.49. The van der Waals surface area contributed by atoms with Crippen LogP contribution in [0.4, 0.5) is 21.9 Å². The van der Waals surface area contributed by atoms with Crippen LogP contribution in [-0.4, -0.2) is 19.1 Å². The topological polar surface area (TPSA) is 44.4 Å². The van der Waals surface area contributed by atoms with Crippen molar-refractivity contribution in [2.75, 3.05) is 28.6 Å². The molecule has 0 aliphatic carbocycles. The van der Waals surface area contributed by atoms with Crippen molar-refractivity contribution >= 4 is 23.1 Å². The zero-order chi connectivity index (χ0) is 17.7. The fourth-order valence-electron chi connectivity index (χ4n) is 2.68. The molecule has 0 radical (unpaired) electrons. The standard InChI is InChI=1S/C20H27N3O/c1-6-23(7-2)18-10-11-19(16(5)13-18)22-20(24)21-17-9-8-14(3)15(4)12-17/h8-13H,6-7H2,1-5H3,(H2,21,22,24). The molecule has 0 saturated heterocycles. The number of nitrogens with one attached hydrogen (secondary N) is 2. The molecule has 0 heterocycles. The average molecular weight is 325 g/mol. The first-order chi connectivity index (χ1) is 11.4. The van der Waals surface area contributed by atoms with Crippen LogP contribution in [0.15, 0.2) is 36.4 Å². The Morgan fingerprint density at radius 1 is 0.875 bits per heavy atom. The van der Waals surface area contributed by atoms with Gasteiger partial charge < -0.3 is 15.5 Å². The molecule has 24 heavy (non-hydrogen) atoms. The van der Waals surface area contributed by atoms with Gasteiger partial charge in [-0.25, -0.2) is 4.79 Å². The predicted molar refractivity (Wildman–Crippen MR) is 103 cm³/mol. The molecule has 0 unspecified atom stereocenters. The zero-order valence-electron chi connectivity index (χ0n) is 15.2. The number of hydrogen-bond donors (Lipinski definition) is 2. The summed E-state index contributed by atoms with van der Waals surface area (Å²) in [6.45, 7) is 12.3. The van der Waals surface area contributed by atoms with Crippen molar-refractivity contribution in [2.45, 2.75) is 34.6 Å². The first-order valence-electron chi connectivity index (χ1n) is 8.45. The van der Waals surface area contributed by atoms with Gasteiger partial charge in [0.15, 0.2) is 0 Å². The number of carbonyl (C=O) groups is 1. The van der Waals surface area contributed by atoms with E-state index in [1.165, 1.54) is 11.3 Å². The summed E-state index contributed by atoms with van der Waals surface area (Å²) in [5.74, 6) is 0. The second-order valence-corrected chi connectivity index (χ2v) is 6.05. The van der Waals surface area contributed by atoms with Crippen LogP contribution in [0.25, 0.3) is 0 Å². The zero-order valence-corrected chi connectivity index (χ0v) is 15.2. The SMILES string of the molecule is CCN(CC)c1ccc(NC(=O)Nc2ccc(C)c(C)c2)c(C)c1. The Morgan fingerprint density at radius 2 is 1.58 bits per heavy atom. The Morgan fingerprint density at radius 3 is 2.17 bits per heavy atom. The molecule has 2 amide bonds. The Bertz CT molecular complexity index is 721. The highest BCUT2D eigenvalue weighted by molar-refractivity contribution is 6.00. The third kappa shape index (κ3) is 4.28. The summed E-state index contributed by atoms with van der Waals surface area (Å²) in [6, 6.07) is 11.8. The van der Waals surface area contributed by atoms with E-state index in [9.17, 15) is 4.79 Å². The molecule has 0 bridgehead atoms. The van der Waals surface area contributed by atoms with Gasteiger partial charge >= 0.3 is 6.03 Å². The molecule has 2 aromatic rings. The molecule has 0 aliphatic heterocycles. The summed E-state index contributed by atoms with van der Waals surface area (Å²) in [4.78, 5) is 14.5. The molecule has 2 rings (SSSR count). The summed E-state index contributed by atoms with van der Waals surface area (Å²) < 4.78 is 0. The van der Waals surface area contributed by atoms with Gasteiger partial charge in [0.1, 0.15) is 0 Å². The maximum Gasteiger partial charge on any atom is 0.323 e. The van der Waals surface area contributed by atoms with Crippen molar-refractivity contribution in [2.24, 2.45) is 0 Å². The molecule has 0 saturated carbocycles. The highest BCUT2D eigenvalue weighted by atomic mass is 16.2. The van der Waals surface area contributed by atoms with Gasteiger partial charge in [0.25, 0.3) is 0 Å². The number of hydrogen-bond acceptors (Lipinski definition) is 2. The number of benzene rings is 2. The number of anilines is 3. The van der Waals surface area contributed by atoms with Crippen molar-refractivity contribution in [1.29, 1.82) is 0 Å². The van der Waals surface area contributed by atoms with Crippen LogP contribution < -0.4 is 15.5 Å². The predicted octanol–water partition coefficient (Wildman–Crippen LogP) is 5.10. The van der Waals surface area contributed by atoms with Gasteiger partial charge in [-0.05, 0) is 81.6 Å². The minimum absolute atomic E-state index is 0.225. The molecular weight excluding hydrogens is 298 g/mol. The van der Waals surface area contributed by atoms with Gasteiger partial charge in [-0.3, -0.25) is 0 Å². The summed E-state index contributed by atoms with van der Waals surface area (Å²) >= 11 is 0. The van der Waals surface area contributed by atoms with E-state index in [2.05, 4.69) is 42.4 Å². The molecule has 4 nitrogen and oxygen atoms in total. The number of rotatable bonds is 5. The van der Waals surface area contributed by atoms with Crippen molar-refractivity contribution in [3.05, 3.63) is 53.1 Å². The van der Waals surface area contributed by atoms with Crippen molar-refractivity contribution < 1.29 is 4.79 Å². The highest BCUT2D eigenvalue weighted by Gasteiger charge is 2.08. The first-order valence-corrected chi connectivity index (χ1v) is 8.45. The maximum atomic E-state index is 12.2. The fourth-order valence-corrected chi connectivity index (χ4v) is 2.68. The summed E-state index contributed by atoms with van der Waals surface area (Å²) in [5.41, 5.74) is 6.23. The molecule has 0 spiro atoms. The largest absolute Gasteiger partial charge is 0.372 e. The Labute approximate surface area is 144 Å². The van der Waals surface area contributed by atoms with Crippen LogP contribution in [0.1, 0.15) is 30.5 Å². The molecular formula is C20H27N3O. The summed E-state index contributed by atoms with van der Waals surface area (Å²) in [6.07, 6.45) is 0. The van der Waals surface area contributed by atoms with Crippen LogP contribution in [-0.2, 0) is 0 Å². The Balaban J connectivity index is 2.07. The van der Waals surface area contributed by atoms with E-state index in [0.717, 1.165) is 35.6 Å². The molecule has 4 heteroatoms. The molecule has 2 aromatic carbocycles. The third-order valence-electron chi connectivity index (χ3n) is 4.35. The van der Waals surface area contributed by atoms with Crippen LogP contribution in [0.2, 0.25) is 0 Å². The lowest BCUT2D eigenvalue weighted by molar-refractivity contribution is 0.262. The summed E-state index contributed by atoms with van der Waals surface area (Å²) in [7, 11) is 0. The maximum absolute atomic E-state index is 12.2. The second kappa shape index (κ2) is 7.86. The van der Waals surface area contributed by atoms with Crippen LogP contribution >= 0.6 is 0 Å².